The SMILES string of the molecule is CC(C)(C#N)CCNc1cccc(I)c1. The van der Waals surface area contributed by atoms with Gasteiger partial charge in [0.15, 0.2) is 0 Å². The van der Waals surface area contributed by atoms with Gasteiger partial charge in [-0.1, -0.05) is 6.07 Å². The number of nitrogens with zero attached hydrogens (tertiary/aromatic N) is 1. The van der Waals surface area contributed by atoms with Crippen LogP contribution in [-0.4, -0.2) is 6.54 Å². The first-order valence-corrected chi connectivity index (χ1v) is 6.02. The largest absolute Gasteiger partial charge is 0.385 e. The number of rotatable bonds is 4. The van der Waals surface area contributed by atoms with E-state index >= 15 is 0 Å². The number of nitriles is 1. The Labute approximate surface area is 105 Å². The summed E-state index contributed by atoms with van der Waals surface area (Å²) in [4.78, 5) is 0. The van der Waals surface area contributed by atoms with E-state index in [9.17, 15) is 0 Å². The second-order valence-corrected chi connectivity index (χ2v) is 5.43. The maximum Gasteiger partial charge on any atom is 0.0684 e. The van der Waals surface area contributed by atoms with Crippen LogP contribution in [0.4, 0.5) is 5.69 Å². The Morgan fingerprint density at radius 3 is 2.80 bits per heavy atom. The van der Waals surface area contributed by atoms with Crippen LogP contribution in [0.15, 0.2) is 24.3 Å². The second-order valence-electron chi connectivity index (χ2n) is 4.18. The van der Waals surface area contributed by atoms with Crippen LogP contribution in [-0.2, 0) is 0 Å². The minimum atomic E-state index is -0.241. The first-order chi connectivity index (χ1) is 7.03. The van der Waals surface area contributed by atoms with Crippen molar-refractivity contribution in [2.24, 2.45) is 5.41 Å². The molecule has 1 aromatic rings. The number of nitrogens with one attached hydrogen (secondary N) is 1. The molecule has 0 amide bonds. The molecule has 0 fully saturated rings. The summed E-state index contributed by atoms with van der Waals surface area (Å²) in [6.45, 7) is 4.76. The molecule has 0 aliphatic rings. The van der Waals surface area contributed by atoms with E-state index in [4.69, 9.17) is 5.26 Å². The van der Waals surface area contributed by atoms with Crippen LogP contribution in [0.3, 0.4) is 0 Å². The highest BCUT2D eigenvalue weighted by molar-refractivity contribution is 14.1. The number of benzene rings is 1. The summed E-state index contributed by atoms with van der Waals surface area (Å²) in [5.41, 5.74) is 0.880. The van der Waals surface area contributed by atoms with E-state index in [1.54, 1.807) is 0 Å². The van der Waals surface area contributed by atoms with Gasteiger partial charge in [0.25, 0.3) is 0 Å². The Balaban J connectivity index is 2.42. The van der Waals surface area contributed by atoms with E-state index in [-0.39, 0.29) is 5.41 Å². The fourth-order valence-corrected chi connectivity index (χ4v) is 1.72. The molecule has 0 aromatic heterocycles. The maximum atomic E-state index is 8.86. The molecule has 0 radical (unpaired) electrons. The van der Waals surface area contributed by atoms with E-state index < -0.39 is 0 Å². The summed E-state index contributed by atoms with van der Waals surface area (Å²) < 4.78 is 1.22. The van der Waals surface area contributed by atoms with E-state index in [1.807, 2.05) is 26.0 Å². The normalized spacial score (nSPS) is 10.8. The molecule has 0 saturated carbocycles. The van der Waals surface area contributed by atoms with E-state index in [1.165, 1.54) is 3.57 Å². The predicted octanol–water partition coefficient (Wildman–Crippen LogP) is 3.64. The van der Waals surface area contributed by atoms with Crippen molar-refractivity contribution in [3.8, 4) is 6.07 Å². The summed E-state index contributed by atoms with van der Waals surface area (Å²) in [6.07, 6.45) is 0.856. The summed E-state index contributed by atoms with van der Waals surface area (Å²) in [7, 11) is 0. The summed E-state index contributed by atoms with van der Waals surface area (Å²) >= 11 is 2.29. The molecule has 1 rings (SSSR count). The Kier molecular flexibility index (Phi) is 4.40. The lowest BCUT2D eigenvalue weighted by Crippen LogP contribution is -2.14. The fraction of sp³-hybridized carbons (Fsp3) is 0.417. The molecule has 0 aliphatic carbocycles. The molecule has 0 atom stereocenters. The number of hydrogen-bond donors (Lipinski definition) is 1. The van der Waals surface area contributed by atoms with Gasteiger partial charge in [0.05, 0.1) is 11.5 Å². The Morgan fingerprint density at radius 2 is 2.20 bits per heavy atom. The monoisotopic (exact) mass is 314 g/mol. The molecular formula is C12H15IN2. The van der Waals surface area contributed by atoms with Crippen molar-refractivity contribution in [3.05, 3.63) is 27.8 Å². The molecular weight excluding hydrogens is 299 g/mol. The highest BCUT2D eigenvalue weighted by Gasteiger charge is 2.15. The average molecular weight is 314 g/mol. The lowest BCUT2D eigenvalue weighted by molar-refractivity contribution is 0.466. The lowest BCUT2D eigenvalue weighted by Gasteiger charge is -2.15. The molecule has 0 saturated heterocycles. The quantitative estimate of drug-likeness (QED) is 0.861. The summed E-state index contributed by atoms with van der Waals surface area (Å²) in [5.74, 6) is 0. The third-order valence-corrected chi connectivity index (χ3v) is 2.88. The molecule has 1 aromatic carbocycles. The Hall–Kier alpha value is -0.760. The fourth-order valence-electron chi connectivity index (χ4n) is 1.17. The smallest absolute Gasteiger partial charge is 0.0684 e. The Morgan fingerprint density at radius 1 is 1.47 bits per heavy atom. The second kappa shape index (κ2) is 5.36. The van der Waals surface area contributed by atoms with Crippen molar-refractivity contribution < 1.29 is 0 Å². The third kappa shape index (κ3) is 4.52. The Bertz CT molecular complexity index is 366. The van der Waals surface area contributed by atoms with Crippen LogP contribution >= 0.6 is 22.6 Å². The van der Waals surface area contributed by atoms with Crippen LogP contribution in [0.2, 0.25) is 0 Å². The van der Waals surface area contributed by atoms with Crippen LogP contribution in [0.5, 0.6) is 0 Å². The van der Waals surface area contributed by atoms with Crippen LogP contribution in [0.1, 0.15) is 20.3 Å². The molecule has 80 valence electrons. The van der Waals surface area contributed by atoms with Crippen LogP contribution in [0, 0.1) is 20.3 Å². The zero-order valence-corrected chi connectivity index (χ0v) is 11.2. The molecule has 3 heteroatoms. The highest BCUT2D eigenvalue weighted by Crippen LogP contribution is 2.19. The van der Waals surface area contributed by atoms with Gasteiger partial charge in [-0.2, -0.15) is 5.26 Å². The van der Waals surface area contributed by atoms with Crippen molar-refractivity contribution in [2.45, 2.75) is 20.3 Å². The van der Waals surface area contributed by atoms with Crippen molar-refractivity contribution >= 4 is 28.3 Å². The maximum absolute atomic E-state index is 8.86. The van der Waals surface area contributed by atoms with Gasteiger partial charge in [0.2, 0.25) is 0 Å². The highest BCUT2D eigenvalue weighted by atomic mass is 127. The predicted molar refractivity (Wildman–Crippen MR) is 71.7 cm³/mol. The average Bonchev–Trinajstić information content (AvgIpc) is 2.18. The molecule has 0 heterocycles. The van der Waals surface area contributed by atoms with Gasteiger partial charge in [0.1, 0.15) is 0 Å². The van der Waals surface area contributed by atoms with Gasteiger partial charge in [-0.05, 0) is 61.1 Å². The van der Waals surface area contributed by atoms with Crippen molar-refractivity contribution in [3.63, 3.8) is 0 Å². The van der Waals surface area contributed by atoms with Gasteiger partial charge < -0.3 is 5.32 Å². The van der Waals surface area contributed by atoms with Crippen molar-refractivity contribution in [1.29, 1.82) is 5.26 Å². The van der Waals surface area contributed by atoms with Crippen molar-refractivity contribution in [2.75, 3.05) is 11.9 Å². The molecule has 0 bridgehead atoms. The third-order valence-electron chi connectivity index (χ3n) is 2.21. The first kappa shape index (κ1) is 12.3. The number of anilines is 1. The van der Waals surface area contributed by atoms with E-state index in [0.717, 1.165) is 18.7 Å². The standard InChI is InChI=1S/C12H15IN2/c1-12(2,9-14)6-7-15-11-5-3-4-10(13)8-11/h3-5,8,15H,6-7H2,1-2H3. The van der Waals surface area contributed by atoms with Gasteiger partial charge in [-0.15, -0.1) is 0 Å². The minimum absolute atomic E-state index is 0.241. The lowest BCUT2D eigenvalue weighted by atomic mass is 9.91. The van der Waals surface area contributed by atoms with E-state index in [2.05, 4.69) is 46.1 Å². The first-order valence-electron chi connectivity index (χ1n) is 4.94. The topological polar surface area (TPSA) is 35.8 Å². The summed E-state index contributed by atoms with van der Waals surface area (Å²) in [5, 5.41) is 12.2. The van der Waals surface area contributed by atoms with Gasteiger partial charge in [-0.25, -0.2) is 0 Å². The molecule has 2 nitrogen and oxygen atoms in total. The van der Waals surface area contributed by atoms with Crippen molar-refractivity contribution in [1.82, 2.24) is 0 Å². The number of halogens is 1. The van der Waals surface area contributed by atoms with Gasteiger partial charge in [-0.3, -0.25) is 0 Å². The van der Waals surface area contributed by atoms with E-state index in [0.29, 0.717) is 0 Å². The number of hydrogen-bond acceptors (Lipinski definition) is 2. The summed E-state index contributed by atoms with van der Waals surface area (Å²) in [6, 6.07) is 10.5. The van der Waals surface area contributed by atoms with Crippen LogP contribution < -0.4 is 5.32 Å². The zero-order chi connectivity index (χ0) is 11.3. The molecule has 1 N–H and O–H groups in total. The molecule has 0 unspecified atom stereocenters. The zero-order valence-electron chi connectivity index (χ0n) is 9.05. The van der Waals surface area contributed by atoms with Crippen LogP contribution in [0.25, 0.3) is 0 Å². The minimum Gasteiger partial charge on any atom is -0.385 e. The molecule has 0 spiro atoms. The van der Waals surface area contributed by atoms with Gasteiger partial charge in [0, 0.05) is 15.8 Å². The molecule has 0 aliphatic heterocycles. The molecule has 15 heavy (non-hydrogen) atoms. The van der Waals surface area contributed by atoms with Gasteiger partial charge >= 0.3 is 0 Å².